The van der Waals surface area contributed by atoms with E-state index < -0.39 is 0 Å². The molecule has 6 heteroatoms. The first kappa shape index (κ1) is 24.7. The van der Waals surface area contributed by atoms with Crippen molar-refractivity contribution in [2.24, 2.45) is 5.92 Å². The molecule has 3 aliphatic rings. The van der Waals surface area contributed by atoms with Gasteiger partial charge in [0.15, 0.2) is 5.78 Å². The van der Waals surface area contributed by atoms with Crippen molar-refractivity contribution in [3.05, 3.63) is 77.6 Å². The molecule has 1 N–H and O–H groups in total. The van der Waals surface area contributed by atoms with Crippen LogP contribution in [0.5, 0.6) is 0 Å². The Kier molecular flexibility index (Phi) is 6.34. The van der Waals surface area contributed by atoms with Gasteiger partial charge in [-0.05, 0) is 74.8 Å². The number of carbonyl (C=O) groups is 1. The molecule has 0 unspecified atom stereocenters. The number of H-pyrrole nitrogens is 1. The SMILES string of the molecule is CN1CCC(N2CCc3cc(-c4cnc5[nH]cc(-c6ccc(C(=O)C7CN(C)C7)cc6)c5c4)ccc3C2)CC1. The second-order valence-electron chi connectivity index (χ2n) is 11.9. The van der Waals surface area contributed by atoms with Gasteiger partial charge in [0.1, 0.15) is 5.65 Å². The van der Waals surface area contributed by atoms with E-state index in [4.69, 9.17) is 4.98 Å². The van der Waals surface area contributed by atoms with E-state index in [1.807, 2.05) is 24.5 Å². The highest BCUT2D eigenvalue weighted by Crippen LogP contribution is 2.33. The van der Waals surface area contributed by atoms with Crippen molar-refractivity contribution in [3.63, 3.8) is 0 Å². The van der Waals surface area contributed by atoms with E-state index in [-0.39, 0.29) is 11.7 Å². The first-order chi connectivity index (χ1) is 19.0. The summed E-state index contributed by atoms with van der Waals surface area (Å²) in [6.45, 7) is 6.36. The van der Waals surface area contributed by atoms with E-state index >= 15 is 0 Å². The Hall–Kier alpha value is -3.32. The van der Waals surface area contributed by atoms with Gasteiger partial charge in [-0.15, -0.1) is 0 Å². The number of nitrogens with zero attached hydrogens (tertiary/aromatic N) is 4. The molecular formula is C33H37N5O. The smallest absolute Gasteiger partial charge is 0.168 e. The summed E-state index contributed by atoms with van der Waals surface area (Å²) in [5, 5.41) is 1.11. The molecule has 2 aromatic carbocycles. The summed E-state index contributed by atoms with van der Waals surface area (Å²) in [5.41, 5.74) is 9.24. The molecule has 5 heterocycles. The largest absolute Gasteiger partial charge is 0.346 e. The molecule has 0 amide bonds. The molecule has 2 aromatic heterocycles. The van der Waals surface area contributed by atoms with Crippen LogP contribution >= 0.6 is 0 Å². The molecule has 2 saturated heterocycles. The second-order valence-corrected chi connectivity index (χ2v) is 11.9. The average molecular weight is 520 g/mol. The van der Waals surface area contributed by atoms with Crippen molar-refractivity contribution in [2.75, 3.05) is 46.8 Å². The lowest BCUT2D eigenvalue weighted by molar-refractivity contribution is 0.0702. The zero-order valence-corrected chi connectivity index (χ0v) is 23.0. The molecule has 0 atom stereocenters. The summed E-state index contributed by atoms with van der Waals surface area (Å²) in [6.07, 6.45) is 7.69. The third-order valence-corrected chi connectivity index (χ3v) is 9.23. The van der Waals surface area contributed by atoms with Gasteiger partial charge < -0.3 is 14.8 Å². The Bertz CT molecular complexity index is 1510. The molecular weight excluding hydrogens is 482 g/mol. The standard InChI is InChI=1S/C33H37N5O/c1-36-12-10-29(11-13-36)38-14-9-25-15-24(7-8-26(25)21-38)27-16-30-31(18-35-33(30)34-17-27)22-3-5-23(6-4-22)32(39)28-19-37(2)20-28/h3-8,15-18,28-29H,9-14,19-21H2,1-2H3,(H,34,35). The summed E-state index contributed by atoms with van der Waals surface area (Å²) in [7, 11) is 4.29. The van der Waals surface area contributed by atoms with Crippen LogP contribution in [0.15, 0.2) is 60.9 Å². The molecule has 0 radical (unpaired) electrons. The lowest BCUT2D eigenvalue weighted by Crippen LogP contribution is -2.47. The molecule has 0 spiro atoms. The third-order valence-electron chi connectivity index (χ3n) is 9.23. The maximum Gasteiger partial charge on any atom is 0.168 e. The Morgan fingerprint density at radius 3 is 2.41 bits per heavy atom. The summed E-state index contributed by atoms with van der Waals surface area (Å²) >= 11 is 0. The number of nitrogens with one attached hydrogen (secondary N) is 1. The molecule has 0 saturated carbocycles. The van der Waals surface area contributed by atoms with Crippen LogP contribution in [0.25, 0.3) is 33.3 Å². The van der Waals surface area contributed by atoms with E-state index in [0.29, 0.717) is 0 Å². The highest BCUT2D eigenvalue weighted by atomic mass is 16.1. The number of likely N-dealkylation sites (tertiary alicyclic amines) is 2. The fourth-order valence-corrected chi connectivity index (χ4v) is 6.74. The van der Waals surface area contributed by atoms with Crippen LogP contribution in [0.4, 0.5) is 0 Å². The van der Waals surface area contributed by atoms with Gasteiger partial charge >= 0.3 is 0 Å². The first-order valence-corrected chi connectivity index (χ1v) is 14.4. The minimum Gasteiger partial charge on any atom is -0.346 e. The van der Waals surface area contributed by atoms with Gasteiger partial charge in [0, 0.05) is 72.6 Å². The van der Waals surface area contributed by atoms with E-state index in [1.165, 1.54) is 42.6 Å². The maximum atomic E-state index is 12.7. The number of aromatic nitrogens is 2. The molecule has 200 valence electrons. The number of carbonyl (C=O) groups excluding carboxylic acids is 1. The second kappa shape index (κ2) is 10.0. The van der Waals surface area contributed by atoms with Crippen LogP contribution in [0.3, 0.4) is 0 Å². The number of hydrogen-bond acceptors (Lipinski definition) is 5. The number of fused-ring (bicyclic) bond motifs is 2. The number of rotatable bonds is 5. The molecule has 2 fully saturated rings. The topological polar surface area (TPSA) is 55.5 Å². The van der Waals surface area contributed by atoms with Gasteiger partial charge in [-0.2, -0.15) is 0 Å². The van der Waals surface area contributed by atoms with Gasteiger partial charge in [-0.1, -0.05) is 42.5 Å². The molecule has 7 rings (SSSR count). The molecule has 39 heavy (non-hydrogen) atoms. The summed E-state index contributed by atoms with van der Waals surface area (Å²) < 4.78 is 0. The predicted molar refractivity (Wildman–Crippen MR) is 157 cm³/mol. The highest BCUT2D eigenvalue weighted by molar-refractivity contribution is 6.00. The normalized spacial score (nSPS) is 19.7. The van der Waals surface area contributed by atoms with Crippen LogP contribution in [0, 0.1) is 5.92 Å². The van der Waals surface area contributed by atoms with Crippen LogP contribution in [0.1, 0.15) is 34.3 Å². The number of benzene rings is 2. The van der Waals surface area contributed by atoms with Gasteiger partial charge in [-0.25, -0.2) is 4.98 Å². The van der Waals surface area contributed by atoms with E-state index in [0.717, 1.165) is 71.9 Å². The van der Waals surface area contributed by atoms with E-state index in [2.05, 4.69) is 70.2 Å². The molecule has 3 aliphatic heterocycles. The zero-order valence-electron chi connectivity index (χ0n) is 23.0. The minimum absolute atomic E-state index is 0.134. The van der Waals surface area contributed by atoms with Crippen molar-refractivity contribution < 1.29 is 4.79 Å². The Labute approximate surface area is 230 Å². The number of pyridine rings is 1. The number of hydrogen-bond donors (Lipinski definition) is 1. The quantitative estimate of drug-likeness (QED) is 0.372. The molecule has 0 aliphatic carbocycles. The average Bonchev–Trinajstić information content (AvgIpc) is 3.38. The fraction of sp³-hybridized carbons (Fsp3) is 0.394. The van der Waals surface area contributed by atoms with E-state index in [9.17, 15) is 4.79 Å². The third kappa shape index (κ3) is 4.71. The lowest BCUT2D eigenvalue weighted by Gasteiger charge is -2.39. The summed E-state index contributed by atoms with van der Waals surface area (Å²) in [5.74, 6) is 0.388. The van der Waals surface area contributed by atoms with Crippen molar-refractivity contribution >= 4 is 16.8 Å². The lowest BCUT2D eigenvalue weighted by atomic mass is 9.90. The minimum atomic E-state index is 0.134. The Morgan fingerprint density at radius 2 is 1.64 bits per heavy atom. The Morgan fingerprint density at radius 1 is 0.872 bits per heavy atom. The number of Topliss-reactive ketones (excluding diaryl/α,β-unsaturated/α-hetero) is 1. The maximum absolute atomic E-state index is 12.7. The van der Waals surface area contributed by atoms with Crippen LogP contribution in [-0.2, 0) is 13.0 Å². The van der Waals surface area contributed by atoms with Gasteiger partial charge in [0.25, 0.3) is 0 Å². The van der Waals surface area contributed by atoms with Crippen LogP contribution in [-0.4, -0.2) is 83.3 Å². The highest BCUT2D eigenvalue weighted by Gasteiger charge is 2.30. The first-order valence-electron chi connectivity index (χ1n) is 14.4. The van der Waals surface area contributed by atoms with Crippen molar-refractivity contribution in [3.8, 4) is 22.3 Å². The predicted octanol–water partition coefficient (Wildman–Crippen LogP) is 5.09. The number of ketones is 1. The summed E-state index contributed by atoms with van der Waals surface area (Å²) in [4.78, 5) is 28.2. The number of piperidine rings is 1. The summed E-state index contributed by atoms with van der Waals surface area (Å²) in [6, 6.07) is 18.1. The van der Waals surface area contributed by atoms with Crippen molar-refractivity contribution in [1.82, 2.24) is 24.7 Å². The van der Waals surface area contributed by atoms with E-state index in [1.54, 1.807) is 0 Å². The zero-order chi connectivity index (χ0) is 26.5. The van der Waals surface area contributed by atoms with Crippen LogP contribution in [0.2, 0.25) is 0 Å². The van der Waals surface area contributed by atoms with Crippen molar-refractivity contribution in [1.29, 1.82) is 0 Å². The molecule has 0 bridgehead atoms. The Balaban J connectivity index is 1.11. The number of aromatic amines is 1. The molecule has 6 nitrogen and oxygen atoms in total. The molecule has 4 aromatic rings. The monoisotopic (exact) mass is 519 g/mol. The van der Waals surface area contributed by atoms with Gasteiger partial charge in [0.05, 0.1) is 0 Å². The van der Waals surface area contributed by atoms with Gasteiger partial charge in [0.2, 0.25) is 0 Å². The fourth-order valence-electron chi connectivity index (χ4n) is 6.74. The van der Waals surface area contributed by atoms with Crippen molar-refractivity contribution in [2.45, 2.75) is 31.8 Å². The van der Waals surface area contributed by atoms with Gasteiger partial charge in [-0.3, -0.25) is 9.69 Å². The van der Waals surface area contributed by atoms with Crippen LogP contribution < -0.4 is 0 Å².